The van der Waals surface area contributed by atoms with Crippen molar-refractivity contribution in [2.24, 2.45) is 0 Å². The summed E-state index contributed by atoms with van der Waals surface area (Å²) in [5.74, 6) is 0. The molecule has 0 radical (unpaired) electrons. The maximum absolute atomic E-state index is 5.18. The van der Waals surface area contributed by atoms with Gasteiger partial charge in [-0.15, -0.1) is 0 Å². The van der Waals surface area contributed by atoms with E-state index in [4.69, 9.17) is 4.74 Å². The fourth-order valence-corrected chi connectivity index (χ4v) is 1.17. The molecule has 3 heteroatoms. The topological polar surface area (TPSA) is 24.5 Å². The van der Waals surface area contributed by atoms with E-state index in [-0.39, 0.29) is 0 Å². The summed E-state index contributed by atoms with van der Waals surface area (Å²) >= 11 is 0. The Kier molecular flexibility index (Phi) is 2.87. The quantitative estimate of drug-likeness (QED) is 0.619. The molecule has 0 aromatic carbocycles. The van der Waals surface area contributed by atoms with E-state index in [9.17, 15) is 0 Å². The first-order valence-corrected chi connectivity index (χ1v) is 4.13. The number of ether oxygens (including phenoxy) is 1. The highest BCUT2D eigenvalue weighted by Crippen LogP contribution is 2.21. The monoisotopic (exact) mass is 158 g/mol. The zero-order valence-corrected chi connectivity index (χ0v) is 7.68. The molecule has 3 nitrogen and oxygen atoms in total. The molecule has 0 atom stereocenters. The third kappa shape index (κ3) is 1.92. The molecule has 66 valence electrons. The fourth-order valence-electron chi connectivity index (χ4n) is 1.17. The van der Waals surface area contributed by atoms with E-state index in [1.807, 2.05) is 7.05 Å². The van der Waals surface area contributed by atoms with E-state index in [1.54, 1.807) is 0 Å². The van der Waals surface area contributed by atoms with Crippen molar-refractivity contribution in [2.75, 3.05) is 40.4 Å². The first-order valence-electron chi connectivity index (χ1n) is 4.13. The van der Waals surface area contributed by atoms with Crippen LogP contribution in [0, 0.1) is 0 Å². The maximum Gasteiger partial charge on any atom is 0.0671 e. The minimum absolute atomic E-state index is 0.302. The van der Waals surface area contributed by atoms with Crippen molar-refractivity contribution in [3.05, 3.63) is 0 Å². The van der Waals surface area contributed by atoms with Gasteiger partial charge in [0.2, 0.25) is 0 Å². The van der Waals surface area contributed by atoms with Crippen molar-refractivity contribution >= 4 is 0 Å². The highest BCUT2D eigenvalue weighted by Gasteiger charge is 2.36. The number of likely N-dealkylation sites (N-methyl/N-ethyl adjacent to an activating group) is 2. The summed E-state index contributed by atoms with van der Waals surface area (Å²) in [6.07, 6.45) is 0. The van der Waals surface area contributed by atoms with E-state index in [0.29, 0.717) is 5.54 Å². The normalized spacial score (nSPS) is 21.8. The first-order chi connectivity index (χ1) is 5.19. The van der Waals surface area contributed by atoms with Crippen LogP contribution >= 0.6 is 0 Å². The van der Waals surface area contributed by atoms with Gasteiger partial charge in [-0.25, -0.2) is 0 Å². The Labute approximate surface area is 68.7 Å². The van der Waals surface area contributed by atoms with Gasteiger partial charge >= 0.3 is 0 Å². The Morgan fingerprint density at radius 2 is 2.18 bits per heavy atom. The predicted octanol–water partition coefficient (Wildman–Crippen LogP) is -0.0735. The van der Waals surface area contributed by atoms with Crippen LogP contribution < -0.4 is 5.32 Å². The molecule has 0 aliphatic carbocycles. The molecule has 1 N–H and O–H groups in total. The smallest absolute Gasteiger partial charge is 0.0671 e. The molecular formula is C8H18N2O. The van der Waals surface area contributed by atoms with Crippen LogP contribution in [0.1, 0.15) is 6.92 Å². The fraction of sp³-hybridized carbons (Fsp3) is 1.00. The zero-order valence-electron chi connectivity index (χ0n) is 7.68. The third-order valence-electron chi connectivity index (χ3n) is 2.44. The minimum atomic E-state index is 0.302. The Bertz CT molecular complexity index is 123. The highest BCUT2D eigenvalue weighted by molar-refractivity contribution is 4.90. The molecule has 1 saturated heterocycles. The van der Waals surface area contributed by atoms with Crippen molar-refractivity contribution < 1.29 is 4.74 Å². The maximum atomic E-state index is 5.18. The Morgan fingerprint density at radius 1 is 1.55 bits per heavy atom. The molecule has 0 unspecified atom stereocenters. The van der Waals surface area contributed by atoms with E-state index in [1.165, 1.54) is 0 Å². The van der Waals surface area contributed by atoms with Crippen molar-refractivity contribution in [1.29, 1.82) is 0 Å². The zero-order chi connectivity index (χ0) is 8.32. The highest BCUT2D eigenvalue weighted by atomic mass is 16.5. The average Bonchev–Trinajstić information content (AvgIpc) is 1.95. The van der Waals surface area contributed by atoms with E-state index in [0.717, 1.165) is 26.3 Å². The summed E-state index contributed by atoms with van der Waals surface area (Å²) in [5, 5.41) is 3.14. The molecule has 0 amide bonds. The number of hydrogen-bond acceptors (Lipinski definition) is 3. The Morgan fingerprint density at radius 3 is 2.55 bits per heavy atom. The van der Waals surface area contributed by atoms with Gasteiger partial charge in [-0.2, -0.15) is 0 Å². The van der Waals surface area contributed by atoms with E-state index >= 15 is 0 Å². The van der Waals surface area contributed by atoms with Crippen LogP contribution in [0.5, 0.6) is 0 Å². The molecule has 0 aromatic rings. The standard InChI is InChI=1S/C8H18N2O/c1-8(6-11-7-8)10(3)5-4-9-2/h9H,4-7H2,1-3H3. The molecule has 1 fully saturated rings. The molecule has 0 bridgehead atoms. The number of nitrogens with one attached hydrogen (secondary N) is 1. The van der Waals surface area contributed by atoms with E-state index < -0.39 is 0 Å². The van der Waals surface area contributed by atoms with Crippen molar-refractivity contribution in [1.82, 2.24) is 10.2 Å². The molecule has 0 aromatic heterocycles. The first kappa shape index (κ1) is 8.97. The summed E-state index contributed by atoms with van der Waals surface area (Å²) in [5.41, 5.74) is 0.302. The Hall–Kier alpha value is -0.120. The number of hydrogen-bond donors (Lipinski definition) is 1. The van der Waals surface area contributed by atoms with Crippen LogP contribution in [0.15, 0.2) is 0 Å². The Balaban J connectivity index is 2.22. The second-order valence-corrected chi connectivity index (χ2v) is 3.51. The van der Waals surface area contributed by atoms with Crippen LogP contribution in [0.3, 0.4) is 0 Å². The average molecular weight is 158 g/mol. The SMILES string of the molecule is CNCCN(C)C1(C)COC1. The minimum Gasteiger partial charge on any atom is -0.377 e. The van der Waals surface area contributed by atoms with Crippen LogP contribution in [-0.4, -0.2) is 50.8 Å². The van der Waals surface area contributed by atoms with Gasteiger partial charge in [0, 0.05) is 13.1 Å². The van der Waals surface area contributed by atoms with Gasteiger partial charge in [0.05, 0.1) is 18.8 Å². The van der Waals surface area contributed by atoms with Gasteiger partial charge in [0.15, 0.2) is 0 Å². The molecule has 1 aliphatic heterocycles. The summed E-state index contributed by atoms with van der Waals surface area (Å²) in [7, 11) is 4.13. The molecule has 1 heterocycles. The summed E-state index contributed by atoms with van der Waals surface area (Å²) in [6, 6.07) is 0. The molecule has 1 aliphatic rings. The van der Waals surface area contributed by atoms with Gasteiger partial charge in [0.1, 0.15) is 0 Å². The van der Waals surface area contributed by atoms with Crippen molar-refractivity contribution in [3.63, 3.8) is 0 Å². The van der Waals surface area contributed by atoms with Gasteiger partial charge in [-0.1, -0.05) is 0 Å². The summed E-state index contributed by atoms with van der Waals surface area (Å²) in [4.78, 5) is 2.35. The lowest BCUT2D eigenvalue weighted by Gasteiger charge is -2.45. The molecular weight excluding hydrogens is 140 g/mol. The van der Waals surface area contributed by atoms with Crippen LogP contribution in [0.4, 0.5) is 0 Å². The predicted molar refractivity (Wildman–Crippen MR) is 45.8 cm³/mol. The lowest BCUT2D eigenvalue weighted by atomic mass is 9.99. The van der Waals surface area contributed by atoms with Gasteiger partial charge in [-0.3, -0.25) is 4.90 Å². The van der Waals surface area contributed by atoms with Gasteiger partial charge < -0.3 is 10.1 Å². The van der Waals surface area contributed by atoms with Crippen LogP contribution in [0.2, 0.25) is 0 Å². The van der Waals surface area contributed by atoms with Crippen molar-refractivity contribution in [3.8, 4) is 0 Å². The molecule has 11 heavy (non-hydrogen) atoms. The van der Waals surface area contributed by atoms with E-state index in [2.05, 4.69) is 24.2 Å². The molecule has 0 saturated carbocycles. The third-order valence-corrected chi connectivity index (χ3v) is 2.44. The lowest BCUT2D eigenvalue weighted by molar-refractivity contribution is -0.121. The largest absolute Gasteiger partial charge is 0.377 e. The number of rotatable bonds is 4. The van der Waals surface area contributed by atoms with Crippen molar-refractivity contribution in [2.45, 2.75) is 12.5 Å². The molecule has 1 rings (SSSR count). The second kappa shape index (κ2) is 3.52. The second-order valence-electron chi connectivity index (χ2n) is 3.51. The summed E-state index contributed by atoms with van der Waals surface area (Å²) in [6.45, 7) is 6.15. The summed E-state index contributed by atoms with van der Waals surface area (Å²) < 4.78 is 5.18. The van der Waals surface area contributed by atoms with Crippen LogP contribution in [-0.2, 0) is 4.74 Å². The van der Waals surface area contributed by atoms with Crippen LogP contribution in [0.25, 0.3) is 0 Å². The number of nitrogens with zero attached hydrogens (tertiary/aromatic N) is 1. The molecule has 0 spiro atoms. The van der Waals surface area contributed by atoms with Gasteiger partial charge in [-0.05, 0) is 21.0 Å². The van der Waals surface area contributed by atoms with Gasteiger partial charge in [0.25, 0.3) is 0 Å². The lowest BCUT2D eigenvalue weighted by Crippen LogP contribution is -2.59.